The largest absolute Gasteiger partial charge is 0.462 e. The quantitative estimate of drug-likeness (QED) is 0.0376. The number of allylic oxidation sites excluding steroid dienone is 4. The van der Waals surface area contributed by atoms with Gasteiger partial charge in [0.15, 0.2) is 0 Å². The van der Waals surface area contributed by atoms with Gasteiger partial charge >= 0.3 is 11.9 Å². The highest BCUT2D eigenvalue weighted by Crippen LogP contribution is 2.20. The van der Waals surface area contributed by atoms with Crippen molar-refractivity contribution in [3.63, 3.8) is 0 Å². The van der Waals surface area contributed by atoms with E-state index in [1.54, 1.807) is 0 Å². The number of nitrogens with two attached hydrogens (primary N) is 1. The molecule has 0 saturated heterocycles. The molecular formula is C53H101NO4. The molecule has 0 rings (SSSR count). The van der Waals surface area contributed by atoms with Crippen molar-refractivity contribution in [2.24, 2.45) is 5.73 Å². The van der Waals surface area contributed by atoms with Crippen molar-refractivity contribution in [1.29, 1.82) is 0 Å². The lowest BCUT2D eigenvalue weighted by Gasteiger charge is -2.21. The third-order valence-electron chi connectivity index (χ3n) is 11.9. The Labute approximate surface area is 362 Å². The molecule has 342 valence electrons. The molecule has 0 amide bonds. The number of rotatable bonds is 46. The molecule has 0 aromatic rings. The van der Waals surface area contributed by atoms with Gasteiger partial charge in [0, 0.05) is 6.42 Å². The van der Waals surface area contributed by atoms with E-state index in [0.29, 0.717) is 0 Å². The number of ether oxygens (including phenoxy) is 2. The summed E-state index contributed by atoms with van der Waals surface area (Å²) in [5.74, 6) is -0.606. The average Bonchev–Trinajstić information content (AvgIpc) is 3.22. The molecule has 0 aromatic heterocycles. The van der Waals surface area contributed by atoms with Crippen LogP contribution in [0.5, 0.6) is 0 Å². The SMILES string of the molecule is CCCCC/C=C\CCC(CCCCCCCCCCCCCC)OC(=O)CCC(N)C(=O)OC(CC/C=C\CCCCC)CCCCCCCCCCCCCC. The second kappa shape index (κ2) is 46.4. The number of esters is 2. The van der Waals surface area contributed by atoms with Crippen LogP contribution < -0.4 is 5.73 Å². The molecule has 0 heterocycles. The molecule has 0 spiro atoms. The fourth-order valence-corrected chi connectivity index (χ4v) is 7.90. The lowest BCUT2D eigenvalue weighted by molar-refractivity contribution is -0.153. The van der Waals surface area contributed by atoms with Gasteiger partial charge in [-0.2, -0.15) is 0 Å². The van der Waals surface area contributed by atoms with Crippen molar-refractivity contribution in [2.45, 2.75) is 303 Å². The van der Waals surface area contributed by atoms with E-state index in [1.807, 2.05) is 0 Å². The van der Waals surface area contributed by atoms with Crippen molar-refractivity contribution >= 4 is 11.9 Å². The maximum Gasteiger partial charge on any atom is 0.323 e. The molecule has 3 atom stereocenters. The van der Waals surface area contributed by atoms with Gasteiger partial charge in [0.05, 0.1) is 0 Å². The zero-order chi connectivity index (χ0) is 42.4. The van der Waals surface area contributed by atoms with Crippen LogP contribution in [0.25, 0.3) is 0 Å². The second-order valence-corrected chi connectivity index (χ2v) is 17.8. The molecule has 2 N–H and O–H groups in total. The fourth-order valence-electron chi connectivity index (χ4n) is 7.90. The van der Waals surface area contributed by atoms with Crippen molar-refractivity contribution in [2.75, 3.05) is 0 Å². The Balaban J connectivity index is 4.79. The van der Waals surface area contributed by atoms with Crippen LogP contribution in [0.2, 0.25) is 0 Å². The molecule has 0 aliphatic heterocycles. The van der Waals surface area contributed by atoms with E-state index < -0.39 is 6.04 Å². The number of carbonyl (C=O) groups excluding carboxylic acids is 2. The zero-order valence-corrected chi connectivity index (χ0v) is 39.5. The second-order valence-electron chi connectivity index (χ2n) is 17.8. The van der Waals surface area contributed by atoms with Gasteiger partial charge in [0.2, 0.25) is 0 Å². The van der Waals surface area contributed by atoms with Crippen LogP contribution in [0.15, 0.2) is 24.3 Å². The Kier molecular flexibility index (Phi) is 45.1. The number of carbonyl (C=O) groups is 2. The maximum absolute atomic E-state index is 13.2. The van der Waals surface area contributed by atoms with Gasteiger partial charge in [0.25, 0.3) is 0 Å². The summed E-state index contributed by atoms with van der Waals surface area (Å²) in [6.07, 6.45) is 56.0. The molecule has 58 heavy (non-hydrogen) atoms. The molecule has 5 nitrogen and oxygen atoms in total. The van der Waals surface area contributed by atoms with E-state index in [2.05, 4.69) is 52.0 Å². The van der Waals surface area contributed by atoms with E-state index in [4.69, 9.17) is 15.2 Å². The van der Waals surface area contributed by atoms with Crippen molar-refractivity contribution in [3.8, 4) is 0 Å². The minimum absolute atomic E-state index is 0.0750. The fraction of sp³-hybridized carbons (Fsp3) is 0.887. The molecule has 0 aliphatic carbocycles. The van der Waals surface area contributed by atoms with Crippen LogP contribution in [-0.4, -0.2) is 30.2 Å². The Morgan fingerprint density at radius 3 is 1.07 bits per heavy atom. The maximum atomic E-state index is 13.2. The summed E-state index contributed by atoms with van der Waals surface area (Å²) in [5, 5.41) is 0. The van der Waals surface area contributed by atoms with Gasteiger partial charge in [0.1, 0.15) is 18.2 Å². The number of hydrogen-bond donors (Lipinski definition) is 1. The first-order chi connectivity index (χ1) is 28.5. The van der Waals surface area contributed by atoms with Gasteiger partial charge in [-0.3, -0.25) is 9.59 Å². The summed E-state index contributed by atoms with van der Waals surface area (Å²) in [5.41, 5.74) is 6.36. The van der Waals surface area contributed by atoms with Crippen LogP contribution in [0.4, 0.5) is 0 Å². The van der Waals surface area contributed by atoms with E-state index in [1.165, 1.54) is 180 Å². The molecular weight excluding hydrogens is 715 g/mol. The molecule has 5 heteroatoms. The third kappa shape index (κ3) is 41.1. The summed E-state index contributed by atoms with van der Waals surface area (Å²) < 4.78 is 12.1. The molecule has 3 unspecified atom stereocenters. The molecule has 0 saturated carbocycles. The van der Waals surface area contributed by atoms with E-state index in [0.717, 1.165) is 64.2 Å². The Morgan fingerprint density at radius 1 is 0.379 bits per heavy atom. The Hall–Kier alpha value is -1.62. The Bertz CT molecular complexity index is 916. The van der Waals surface area contributed by atoms with Crippen LogP contribution in [0.1, 0.15) is 285 Å². The van der Waals surface area contributed by atoms with Crippen molar-refractivity contribution in [3.05, 3.63) is 24.3 Å². The summed E-state index contributed by atoms with van der Waals surface area (Å²) in [7, 11) is 0. The lowest BCUT2D eigenvalue weighted by Crippen LogP contribution is -2.35. The van der Waals surface area contributed by atoms with E-state index in [9.17, 15) is 9.59 Å². The van der Waals surface area contributed by atoms with Crippen LogP contribution >= 0.6 is 0 Å². The highest BCUT2D eigenvalue weighted by molar-refractivity contribution is 5.77. The van der Waals surface area contributed by atoms with Gasteiger partial charge in [-0.05, 0) is 83.5 Å². The molecule has 0 bridgehead atoms. The van der Waals surface area contributed by atoms with Crippen LogP contribution in [0, 0.1) is 0 Å². The molecule has 0 fully saturated rings. The van der Waals surface area contributed by atoms with Gasteiger partial charge in [-0.1, -0.05) is 219 Å². The highest BCUT2D eigenvalue weighted by Gasteiger charge is 2.22. The minimum Gasteiger partial charge on any atom is -0.462 e. The lowest BCUT2D eigenvalue weighted by atomic mass is 10.0. The van der Waals surface area contributed by atoms with E-state index >= 15 is 0 Å². The number of hydrogen-bond acceptors (Lipinski definition) is 5. The summed E-state index contributed by atoms with van der Waals surface area (Å²) in [6.45, 7) is 9.03. The average molecular weight is 816 g/mol. The van der Waals surface area contributed by atoms with E-state index in [-0.39, 0.29) is 37.0 Å². The van der Waals surface area contributed by atoms with Crippen molar-refractivity contribution in [1.82, 2.24) is 0 Å². The normalized spacial score (nSPS) is 13.4. The Morgan fingerprint density at radius 2 is 0.690 bits per heavy atom. The topological polar surface area (TPSA) is 78.6 Å². The monoisotopic (exact) mass is 816 g/mol. The number of unbranched alkanes of at least 4 members (excludes halogenated alkanes) is 28. The zero-order valence-electron chi connectivity index (χ0n) is 39.5. The first kappa shape index (κ1) is 56.4. The summed E-state index contributed by atoms with van der Waals surface area (Å²) in [4.78, 5) is 26.3. The highest BCUT2D eigenvalue weighted by atomic mass is 16.5. The first-order valence-electron chi connectivity index (χ1n) is 25.9. The third-order valence-corrected chi connectivity index (χ3v) is 11.9. The predicted octanol–water partition coefficient (Wildman–Crippen LogP) is 16.9. The summed E-state index contributed by atoms with van der Waals surface area (Å²) >= 11 is 0. The molecule has 0 radical (unpaired) electrons. The standard InChI is InChI=1S/C53H101NO4/c1-5-9-13-17-21-23-25-27-29-33-37-40-44-49(43-39-35-31-19-15-11-7-3)57-52(55)48-47-51(54)53(56)58-50(45-41-36-32-20-16-12-8-4)46-42-38-34-30-28-26-24-22-18-14-10-6-2/h31-32,35-36,49-51H,5-30,33-34,37-48,54H2,1-4H3/b35-31-,36-32-. The van der Waals surface area contributed by atoms with Crippen LogP contribution in [-0.2, 0) is 19.1 Å². The minimum atomic E-state index is -0.803. The van der Waals surface area contributed by atoms with Crippen LogP contribution in [0.3, 0.4) is 0 Å². The molecule has 0 aromatic carbocycles. The van der Waals surface area contributed by atoms with Gasteiger partial charge in [-0.15, -0.1) is 0 Å². The smallest absolute Gasteiger partial charge is 0.323 e. The molecule has 0 aliphatic rings. The van der Waals surface area contributed by atoms with Gasteiger partial charge in [-0.25, -0.2) is 0 Å². The van der Waals surface area contributed by atoms with Gasteiger partial charge < -0.3 is 15.2 Å². The van der Waals surface area contributed by atoms with Crippen molar-refractivity contribution < 1.29 is 19.1 Å². The predicted molar refractivity (Wildman–Crippen MR) is 253 cm³/mol. The summed E-state index contributed by atoms with van der Waals surface area (Å²) in [6, 6.07) is -0.803. The first-order valence-corrected chi connectivity index (χ1v) is 25.9.